The van der Waals surface area contributed by atoms with Crippen LogP contribution >= 0.6 is 0 Å². The summed E-state index contributed by atoms with van der Waals surface area (Å²) in [5.74, 6) is -1.05. The van der Waals surface area contributed by atoms with Crippen LogP contribution < -0.4 is 11.1 Å². The Bertz CT molecular complexity index is 555. The summed E-state index contributed by atoms with van der Waals surface area (Å²) in [6.07, 6.45) is 0. The molecule has 2 amide bonds. The molecule has 1 aliphatic heterocycles. The molecule has 0 aliphatic carbocycles. The molecule has 2 rings (SSSR count). The van der Waals surface area contributed by atoms with Crippen LogP contribution in [0.1, 0.15) is 32.4 Å². The highest BCUT2D eigenvalue weighted by atomic mass is 19.1. The molecule has 1 aromatic carbocycles. The van der Waals surface area contributed by atoms with Crippen molar-refractivity contribution < 1.29 is 14.0 Å². The molecule has 3 N–H and O–H groups in total. The van der Waals surface area contributed by atoms with E-state index in [9.17, 15) is 14.0 Å². The first-order valence-electron chi connectivity index (χ1n) is 6.85. The lowest BCUT2D eigenvalue weighted by atomic mass is 9.90. The number of amides is 2. The summed E-state index contributed by atoms with van der Waals surface area (Å²) >= 11 is 0. The highest BCUT2D eigenvalue weighted by molar-refractivity contribution is 6.03. The predicted octanol–water partition coefficient (Wildman–Crippen LogP) is 0.951. The van der Waals surface area contributed by atoms with Crippen LogP contribution in [0.4, 0.5) is 4.39 Å². The number of hydrogen-bond acceptors (Lipinski definition) is 4. The molecule has 1 aliphatic rings. The van der Waals surface area contributed by atoms with Crippen molar-refractivity contribution >= 4 is 11.8 Å². The molecule has 1 aromatic rings. The minimum Gasteiger partial charge on any atom is -0.326 e. The van der Waals surface area contributed by atoms with Gasteiger partial charge < -0.3 is 5.73 Å². The van der Waals surface area contributed by atoms with Crippen LogP contribution in [0.15, 0.2) is 24.3 Å². The molecule has 0 aromatic heterocycles. The Morgan fingerprint density at radius 1 is 1.29 bits per heavy atom. The van der Waals surface area contributed by atoms with Crippen molar-refractivity contribution in [2.75, 3.05) is 6.54 Å². The number of hydrogen-bond donors (Lipinski definition) is 2. The average Bonchev–Trinajstić information content (AvgIpc) is 2.38. The van der Waals surface area contributed by atoms with Crippen molar-refractivity contribution in [2.24, 2.45) is 5.73 Å². The van der Waals surface area contributed by atoms with E-state index in [1.807, 2.05) is 0 Å². The van der Waals surface area contributed by atoms with E-state index < -0.39 is 5.54 Å². The van der Waals surface area contributed by atoms with Crippen LogP contribution in [0, 0.1) is 5.82 Å². The van der Waals surface area contributed by atoms with Gasteiger partial charge in [-0.15, -0.1) is 0 Å². The Hall–Kier alpha value is -1.79. The molecule has 2 unspecified atom stereocenters. The predicted molar refractivity (Wildman–Crippen MR) is 76.7 cm³/mol. The second-order valence-corrected chi connectivity index (χ2v) is 5.92. The summed E-state index contributed by atoms with van der Waals surface area (Å²) in [5, 5.41) is 2.33. The average molecular weight is 293 g/mol. The van der Waals surface area contributed by atoms with Crippen molar-refractivity contribution in [1.29, 1.82) is 0 Å². The highest BCUT2D eigenvalue weighted by Crippen LogP contribution is 2.32. The van der Waals surface area contributed by atoms with Gasteiger partial charge in [0, 0.05) is 6.04 Å². The van der Waals surface area contributed by atoms with Crippen molar-refractivity contribution in [2.45, 2.75) is 38.4 Å². The topological polar surface area (TPSA) is 75.4 Å². The lowest BCUT2D eigenvalue weighted by Gasteiger charge is -2.46. The van der Waals surface area contributed by atoms with Gasteiger partial charge in [0.25, 0.3) is 0 Å². The molecule has 1 heterocycles. The van der Waals surface area contributed by atoms with Crippen LogP contribution in [0.2, 0.25) is 0 Å². The van der Waals surface area contributed by atoms with Gasteiger partial charge in [0.15, 0.2) is 0 Å². The number of carbonyl (C=O) groups is 2. The maximum Gasteiger partial charge on any atom is 0.246 e. The quantitative estimate of drug-likeness (QED) is 0.814. The molecule has 0 spiro atoms. The molecule has 5 nitrogen and oxygen atoms in total. The maximum absolute atomic E-state index is 13.1. The fraction of sp³-hybridized carbons (Fsp3) is 0.467. The van der Waals surface area contributed by atoms with Gasteiger partial charge in [-0.2, -0.15) is 0 Å². The zero-order chi connectivity index (χ0) is 15.8. The molecular formula is C15H20FN3O2. The summed E-state index contributed by atoms with van der Waals surface area (Å²) in [7, 11) is 0. The fourth-order valence-corrected chi connectivity index (χ4v) is 2.68. The van der Waals surface area contributed by atoms with Crippen molar-refractivity contribution in [3.8, 4) is 0 Å². The van der Waals surface area contributed by atoms with Gasteiger partial charge in [0.2, 0.25) is 11.8 Å². The third kappa shape index (κ3) is 2.96. The smallest absolute Gasteiger partial charge is 0.246 e. The Morgan fingerprint density at radius 2 is 1.86 bits per heavy atom. The summed E-state index contributed by atoms with van der Waals surface area (Å²) in [4.78, 5) is 25.6. The van der Waals surface area contributed by atoms with Gasteiger partial charge in [0.05, 0.1) is 18.1 Å². The third-order valence-corrected chi connectivity index (χ3v) is 3.89. The van der Waals surface area contributed by atoms with Crippen LogP contribution in [0.5, 0.6) is 0 Å². The Morgan fingerprint density at radius 3 is 2.38 bits per heavy atom. The monoisotopic (exact) mass is 293 g/mol. The van der Waals surface area contributed by atoms with Crippen LogP contribution in [-0.2, 0) is 9.59 Å². The second-order valence-electron chi connectivity index (χ2n) is 5.92. The largest absolute Gasteiger partial charge is 0.326 e. The Kier molecular flexibility index (Phi) is 4.11. The van der Waals surface area contributed by atoms with Gasteiger partial charge in [-0.1, -0.05) is 12.1 Å². The van der Waals surface area contributed by atoms with E-state index in [0.29, 0.717) is 0 Å². The van der Waals surface area contributed by atoms with Gasteiger partial charge in [0.1, 0.15) is 5.82 Å². The number of carbonyl (C=O) groups excluding carboxylic acids is 2. The summed E-state index contributed by atoms with van der Waals surface area (Å²) < 4.78 is 13.1. The van der Waals surface area contributed by atoms with Gasteiger partial charge in [-0.3, -0.25) is 19.8 Å². The zero-order valence-electron chi connectivity index (χ0n) is 12.4. The van der Waals surface area contributed by atoms with Crippen LogP contribution in [-0.4, -0.2) is 34.8 Å². The minimum atomic E-state index is -0.874. The second kappa shape index (κ2) is 5.54. The highest BCUT2D eigenvalue weighted by Gasteiger charge is 2.45. The van der Waals surface area contributed by atoms with Gasteiger partial charge >= 0.3 is 0 Å². The van der Waals surface area contributed by atoms with E-state index in [0.717, 1.165) is 5.56 Å². The van der Waals surface area contributed by atoms with Gasteiger partial charge in [-0.25, -0.2) is 4.39 Å². The molecule has 114 valence electrons. The van der Waals surface area contributed by atoms with Crippen LogP contribution in [0.3, 0.4) is 0 Å². The molecular weight excluding hydrogens is 273 g/mol. The van der Waals surface area contributed by atoms with Crippen LogP contribution in [0.25, 0.3) is 0 Å². The van der Waals surface area contributed by atoms with Crippen molar-refractivity contribution in [1.82, 2.24) is 10.2 Å². The molecule has 0 saturated carbocycles. The summed E-state index contributed by atoms with van der Waals surface area (Å²) in [6.45, 7) is 5.37. The first-order chi connectivity index (χ1) is 9.73. The van der Waals surface area contributed by atoms with E-state index in [2.05, 4.69) is 5.32 Å². The van der Waals surface area contributed by atoms with E-state index in [1.165, 1.54) is 12.1 Å². The number of nitrogens with one attached hydrogen (secondary N) is 1. The molecule has 2 atom stereocenters. The number of piperazine rings is 1. The van der Waals surface area contributed by atoms with E-state index in [4.69, 9.17) is 5.73 Å². The lowest BCUT2D eigenvalue weighted by Crippen LogP contribution is -2.66. The van der Waals surface area contributed by atoms with Gasteiger partial charge in [-0.05, 0) is 38.5 Å². The van der Waals surface area contributed by atoms with E-state index in [-0.39, 0.29) is 36.3 Å². The molecule has 21 heavy (non-hydrogen) atoms. The number of benzene rings is 1. The van der Waals surface area contributed by atoms with Crippen molar-refractivity contribution in [3.05, 3.63) is 35.6 Å². The SMILES string of the molecule is CC(N)C(c1ccc(F)cc1)N1CC(=O)NC(=O)C1(C)C. The van der Waals surface area contributed by atoms with E-state index >= 15 is 0 Å². The molecule has 0 bridgehead atoms. The Balaban J connectivity index is 2.43. The minimum absolute atomic E-state index is 0.0717. The Labute approximate surface area is 123 Å². The summed E-state index contributed by atoms with van der Waals surface area (Å²) in [6, 6.07) is 5.30. The number of halogens is 1. The molecule has 1 saturated heterocycles. The van der Waals surface area contributed by atoms with Crippen molar-refractivity contribution in [3.63, 3.8) is 0 Å². The summed E-state index contributed by atoms with van der Waals surface area (Å²) in [5.41, 5.74) is 5.98. The normalized spacial score (nSPS) is 21.8. The molecule has 0 radical (unpaired) electrons. The molecule has 1 fully saturated rings. The standard InChI is InChI=1S/C15H20FN3O2/c1-9(17)13(10-4-6-11(16)7-5-10)19-8-12(20)18-14(21)15(19,2)3/h4-7,9,13H,8,17H2,1-3H3,(H,18,20,21). The number of nitrogens with zero attached hydrogens (tertiary/aromatic N) is 1. The first kappa shape index (κ1) is 15.6. The first-order valence-corrected chi connectivity index (χ1v) is 6.85. The number of rotatable bonds is 3. The lowest BCUT2D eigenvalue weighted by molar-refractivity contribution is -0.147. The van der Waals surface area contributed by atoms with E-state index in [1.54, 1.807) is 37.8 Å². The maximum atomic E-state index is 13.1. The third-order valence-electron chi connectivity index (χ3n) is 3.89. The fourth-order valence-electron chi connectivity index (χ4n) is 2.68. The number of nitrogens with two attached hydrogens (primary N) is 1. The zero-order valence-corrected chi connectivity index (χ0v) is 12.4. The number of imide groups is 1. The molecule has 6 heteroatoms.